The minimum Gasteiger partial charge on any atom is -0.363 e. The third-order valence-electron chi connectivity index (χ3n) is 6.73. The van der Waals surface area contributed by atoms with Crippen molar-refractivity contribution in [3.63, 3.8) is 0 Å². The molecule has 1 saturated carbocycles. The molecular weight excluding hydrogens is 376 g/mol. The SMILES string of the molecule is CN(C=O)C1(C)Cc2cc3c(cc2C1)NC(C1CC1c1ccccc1)N3.CNC=O. The van der Waals surface area contributed by atoms with Gasteiger partial charge in [0.15, 0.2) is 0 Å². The number of likely N-dealkylation sites (N-methyl/N-ethyl adjacent to an activating group) is 1. The van der Waals surface area contributed by atoms with Crippen molar-refractivity contribution < 1.29 is 9.59 Å². The molecule has 158 valence electrons. The van der Waals surface area contributed by atoms with Gasteiger partial charge in [0.05, 0.1) is 17.5 Å². The summed E-state index contributed by atoms with van der Waals surface area (Å²) in [4.78, 5) is 22.1. The van der Waals surface area contributed by atoms with Gasteiger partial charge in [-0.05, 0) is 60.9 Å². The highest BCUT2D eigenvalue weighted by molar-refractivity contribution is 5.77. The highest BCUT2D eigenvalue weighted by Gasteiger charge is 2.46. The highest BCUT2D eigenvalue weighted by atomic mass is 16.1. The Morgan fingerprint density at radius 2 is 1.63 bits per heavy atom. The van der Waals surface area contributed by atoms with E-state index in [1.165, 1.54) is 34.5 Å². The minimum absolute atomic E-state index is 0.104. The van der Waals surface area contributed by atoms with Crippen LogP contribution < -0.4 is 16.0 Å². The van der Waals surface area contributed by atoms with E-state index in [0.717, 1.165) is 19.3 Å². The van der Waals surface area contributed by atoms with Crippen molar-refractivity contribution in [2.24, 2.45) is 5.92 Å². The molecule has 5 rings (SSSR count). The van der Waals surface area contributed by atoms with Crippen molar-refractivity contribution in [2.75, 3.05) is 24.7 Å². The van der Waals surface area contributed by atoms with Crippen LogP contribution in [0.5, 0.6) is 0 Å². The van der Waals surface area contributed by atoms with Gasteiger partial charge in [0.2, 0.25) is 12.8 Å². The van der Waals surface area contributed by atoms with E-state index in [1.54, 1.807) is 7.05 Å². The zero-order valence-corrected chi connectivity index (χ0v) is 17.8. The summed E-state index contributed by atoms with van der Waals surface area (Å²) in [6.07, 6.45) is 4.98. The van der Waals surface area contributed by atoms with Gasteiger partial charge in [-0.2, -0.15) is 0 Å². The van der Waals surface area contributed by atoms with E-state index in [-0.39, 0.29) is 5.54 Å². The number of nitrogens with one attached hydrogen (secondary N) is 3. The van der Waals surface area contributed by atoms with E-state index < -0.39 is 0 Å². The van der Waals surface area contributed by atoms with Gasteiger partial charge >= 0.3 is 0 Å². The van der Waals surface area contributed by atoms with Crippen LogP contribution >= 0.6 is 0 Å². The predicted molar refractivity (Wildman–Crippen MR) is 120 cm³/mol. The van der Waals surface area contributed by atoms with Crippen LogP contribution in [0.1, 0.15) is 36.0 Å². The van der Waals surface area contributed by atoms with Gasteiger partial charge in [-0.15, -0.1) is 0 Å². The monoisotopic (exact) mass is 406 g/mol. The zero-order chi connectivity index (χ0) is 21.3. The minimum atomic E-state index is -0.104. The van der Waals surface area contributed by atoms with Crippen molar-refractivity contribution in [3.05, 3.63) is 59.2 Å². The van der Waals surface area contributed by atoms with E-state index >= 15 is 0 Å². The average Bonchev–Trinajstić information content (AvgIpc) is 3.36. The Bertz CT molecular complexity index is 895. The Labute approximate surface area is 178 Å². The summed E-state index contributed by atoms with van der Waals surface area (Å²) in [7, 11) is 3.45. The molecule has 3 N–H and O–H groups in total. The second-order valence-electron chi connectivity index (χ2n) is 8.82. The maximum absolute atomic E-state index is 11.2. The normalized spacial score (nSPS) is 22.4. The zero-order valence-electron chi connectivity index (χ0n) is 17.8. The fourth-order valence-electron chi connectivity index (χ4n) is 4.77. The standard InChI is InChI=1S/C22H25N3O.C2H5NO/c1-22(25(2)13-26)11-15-8-19-20(9-16(15)12-22)24-21(23-19)18-10-17(18)14-6-4-3-5-7-14;1-3-2-4/h3-9,13,17-18,21,23-24H,10-12H2,1-2H3;2H,1H3,(H,3,4). The summed E-state index contributed by atoms with van der Waals surface area (Å²) in [5, 5.41) is 9.65. The van der Waals surface area contributed by atoms with Crippen LogP contribution in [0, 0.1) is 5.92 Å². The molecule has 2 amide bonds. The maximum Gasteiger partial charge on any atom is 0.209 e. The highest BCUT2D eigenvalue weighted by Crippen LogP contribution is 2.52. The van der Waals surface area contributed by atoms with E-state index in [4.69, 9.17) is 4.79 Å². The topological polar surface area (TPSA) is 73.5 Å². The van der Waals surface area contributed by atoms with Gasteiger partial charge in [-0.1, -0.05) is 30.3 Å². The molecule has 0 aromatic heterocycles. The van der Waals surface area contributed by atoms with E-state index in [2.05, 4.69) is 65.3 Å². The molecule has 1 aliphatic heterocycles. The van der Waals surface area contributed by atoms with Crippen LogP contribution in [0.3, 0.4) is 0 Å². The number of carbonyl (C=O) groups excluding carboxylic acids is 2. The summed E-state index contributed by atoms with van der Waals surface area (Å²) in [6, 6.07) is 15.4. The smallest absolute Gasteiger partial charge is 0.209 e. The molecule has 0 spiro atoms. The molecule has 2 aromatic carbocycles. The third-order valence-corrected chi connectivity index (χ3v) is 6.73. The Balaban J connectivity index is 0.000000503. The van der Waals surface area contributed by atoms with Gasteiger partial charge in [0.25, 0.3) is 0 Å². The molecule has 30 heavy (non-hydrogen) atoms. The Morgan fingerprint density at radius 3 is 2.13 bits per heavy atom. The van der Waals surface area contributed by atoms with Crippen molar-refractivity contribution in [2.45, 2.75) is 43.8 Å². The Hall–Kier alpha value is -3.02. The summed E-state index contributed by atoms with van der Waals surface area (Å²) >= 11 is 0. The molecule has 2 atom stereocenters. The van der Waals surface area contributed by atoms with Crippen LogP contribution in [-0.2, 0) is 22.4 Å². The number of hydrogen-bond acceptors (Lipinski definition) is 4. The van der Waals surface area contributed by atoms with Crippen LogP contribution in [-0.4, -0.2) is 43.5 Å². The predicted octanol–water partition coefficient (Wildman–Crippen LogP) is 2.96. The second-order valence-corrected chi connectivity index (χ2v) is 8.82. The first-order chi connectivity index (χ1) is 14.5. The second kappa shape index (κ2) is 8.01. The number of anilines is 2. The van der Waals surface area contributed by atoms with Gasteiger partial charge in [0.1, 0.15) is 0 Å². The van der Waals surface area contributed by atoms with E-state index in [9.17, 15) is 4.79 Å². The quantitative estimate of drug-likeness (QED) is 0.668. The van der Waals surface area contributed by atoms with Crippen molar-refractivity contribution in [1.29, 1.82) is 0 Å². The van der Waals surface area contributed by atoms with Crippen LogP contribution in [0.25, 0.3) is 0 Å². The molecule has 0 saturated heterocycles. The summed E-state index contributed by atoms with van der Waals surface area (Å²) in [5.74, 6) is 1.30. The molecule has 3 aliphatic rings. The summed E-state index contributed by atoms with van der Waals surface area (Å²) in [6.45, 7) is 2.17. The molecule has 2 aromatic rings. The Morgan fingerprint density at radius 1 is 1.07 bits per heavy atom. The number of rotatable bonds is 5. The van der Waals surface area contributed by atoms with Crippen LogP contribution in [0.4, 0.5) is 11.4 Å². The number of hydrogen-bond donors (Lipinski definition) is 3. The van der Waals surface area contributed by atoms with Gasteiger partial charge in [0, 0.05) is 25.6 Å². The lowest BCUT2D eigenvalue weighted by Gasteiger charge is -2.32. The van der Waals surface area contributed by atoms with Gasteiger partial charge in [-0.3, -0.25) is 9.59 Å². The lowest BCUT2D eigenvalue weighted by molar-refractivity contribution is -0.121. The maximum atomic E-state index is 11.2. The van der Waals surface area contributed by atoms with E-state index in [0.29, 0.717) is 24.4 Å². The number of benzene rings is 2. The molecular formula is C24H30N4O2. The van der Waals surface area contributed by atoms with E-state index in [1.807, 2.05) is 11.9 Å². The third kappa shape index (κ3) is 3.74. The van der Waals surface area contributed by atoms with Crippen molar-refractivity contribution in [3.8, 4) is 0 Å². The lowest BCUT2D eigenvalue weighted by atomic mass is 9.97. The fourth-order valence-corrected chi connectivity index (χ4v) is 4.77. The van der Waals surface area contributed by atoms with Crippen LogP contribution in [0.2, 0.25) is 0 Å². The molecule has 6 heteroatoms. The van der Waals surface area contributed by atoms with Gasteiger partial charge < -0.3 is 20.9 Å². The molecule has 2 unspecified atom stereocenters. The first-order valence-corrected chi connectivity index (χ1v) is 10.5. The molecule has 1 fully saturated rings. The van der Waals surface area contributed by atoms with Gasteiger partial charge in [-0.25, -0.2) is 0 Å². The summed E-state index contributed by atoms with van der Waals surface area (Å²) in [5.41, 5.74) is 6.51. The first-order valence-electron chi connectivity index (χ1n) is 10.5. The number of carbonyl (C=O) groups is 2. The van der Waals surface area contributed by atoms with Crippen LogP contribution in [0.15, 0.2) is 42.5 Å². The largest absolute Gasteiger partial charge is 0.363 e. The number of fused-ring (bicyclic) bond motifs is 2. The fraction of sp³-hybridized carbons (Fsp3) is 0.417. The average molecular weight is 407 g/mol. The molecule has 6 nitrogen and oxygen atoms in total. The Kier molecular flexibility index (Phi) is 5.41. The molecule has 0 radical (unpaired) electrons. The molecule has 1 heterocycles. The molecule has 0 bridgehead atoms. The summed E-state index contributed by atoms with van der Waals surface area (Å²) < 4.78 is 0. The first kappa shape index (κ1) is 20.3. The van der Waals surface area contributed by atoms with Crippen molar-refractivity contribution in [1.82, 2.24) is 10.2 Å². The lowest BCUT2D eigenvalue weighted by Crippen LogP contribution is -2.43. The number of nitrogens with zero attached hydrogens (tertiary/aromatic N) is 1. The molecule has 2 aliphatic carbocycles. The number of amides is 2. The van der Waals surface area contributed by atoms with Crippen molar-refractivity contribution >= 4 is 24.2 Å².